The van der Waals surface area contributed by atoms with Crippen LogP contribution in [0.3, 0.4) is 0 Å². The monoisotopic (exact) mass is 395 g/mol. The normalized spacial score (nSPS) is 10.6. The second-order valence-corrected chi connectivity index (χ2v) is 4.40. The van der Waals surface area contributed by atoms with Gasteiger partial charge < -0.3 is 15.8 Å². The molecular weight excluding hydrogens is 377 g/mol. The van der Waals surface area contributed by atoms with Gasteiger partial charge in [0.2, 0.25) is 0 Å². The molecule has 1 rings (SSSR count). The van der Waals surface area contributed by atoms with Crippen molar-refractivity contribution < 1.29 is 4.74 Å². The summed E-state index contributed by atoms with van der Waals surface area (Å²) in [6.07, 6.45) is 0. The Bertz CT molecular complexity index is 463. The van der Waals surface area contributed by atoms with E-state index in [1.807, 2.05) is 13.0 Å². The first-order chi connectivity index (χ1) is 8.52. The summed E-state index contributed by atoms with van der Waals surface area (Å²) in [5.41, 5.74) is 7.65. The number of halogens is 2. The maximum Gasteiger partial charge on any atom is 0.189 e. The molecule has 0 fully saturated rings. The van der Waals surface area contributed by atoms with Crippen LogP contribution in [-0.2, 0) is 6.54 Å². The van der Waals surface area contributed by atoms with E-state index in [2.05, 4.69) is 16.9 Å². The minimum atomic E-state index is 0. The van der Waals surface area contributed by atoms with Gasteiger partial charge in [0, 0.05) is 17.1 Å². The summed E-state index contributed by atoms with van der Waals surface area (Å²) in [6.45, 7) is 6.75. The molecular formula is C13H19ClIN3O. The van der Waals surface area contributed by atoms with E-state index < -0.39 is 0 Å². The summed E-state index contributed by atoms with van der Waals surface area (Å²) in [7, 11) is 1.60. The van der Waals surface area contributed by atoms with E-state index in [-0.39, 0.29) is 24.0 Å². The van der Waals surface area contributed by atoms with E-state index in [9.17, 15) is 0 Å². The second kappa shape index (κ2) is 9.03. The van der Waals surface area contributed by atoms with Crippen molar-refractivity contribution in [2.45, 2.75) is 13.5 Å². The number of ether oxygens (including phenoxy) is 1. The zero-order valence-corrected chi connectivity index (χ0v) is 14.2. The molecule has 4 nitrogen and oxygen atoms in total. The smallest absolute Gasteiger partial charge is 0.189 e. The average Bonchev–Trinajstić information content (AvgIpc) is 2.34. The first kappa shape index (κ1) is 18.0. The first-order valence-electron chi connectivity index (χ1n) is 5.53. The third-order valence-electron chi connectivity index (χ3n) is 2.24. The number of hydrogen-bond donors (Lipinski definition) is 2. The maximum atomic E-state index is 5.88. The second-order valence-electron chi connectivity index (χ2n) is 3.97. The molecule has 0 heterocycles. The predicted molar refractivity (Wildman–Crippen MR) is 91.6 cm³/mol. The molecule has 1 aromatic rings. The zero-order valence-electron chi connectivity index (χ0n) is 11.1. The highest BCUT2D eigenvalue weighted by molar-refractivity contribution is 14.0. The molecule has 19 heavy (non-hydrogen) atoms. The van der Waals surface area contributed by atoms with Crippen LogP contribution in [0.4, 0.5) is 0 Å². The van der Waals surface area contributed by atoms with Crippen LogP contribution in [0.25, 0.3) is 0 Å². The van der Waals surface area contributed by atoms with Crippen molar-refractivity contribution in [3.8, 4) is 5.75 Å². The van der Waals surface area contributed by atoms with Crippen molar-refractivity contribution in [2.75, 3.05) is 13.7 Å². The lowest BCUT2D eigenvalue weighted by atomic mass is 10.2. The molecule has 0 saturated carbocycles. The number of nitrogens with one attached hydrogen (secondary N) is 1. The van der Waals surface area contributed by atoms with Crippen LogP contribution in [0.2, 0.25) is 5.02 Å². The van der Waals surface area contributed by atoms with Crippen molar-refractivity contribution in [3.05, 3.63) is 40.9 Å². The molecule has 1 aromatic carbocycles. The molecule has 0 unspecified atom stereocenters. The lowest BCUT2D eigenvalue weighted by molar-refractivity contribution is 0.410. The quantitative estimate of drug-likeness (QED) is 0.349. The van der Waals surface area contributed by atoms with Gasteiger partial charge in [-0.1, -0.05) is 29.8 Å². The Morgan fingerprint density at radius 3 is 2.79 bits per heavy atom. The number of aliphatic imine (C=N–C) groups is 1. The molecule has 0 aromatic heterocycles. The van der Waals surface area contributed by atoms with Crippen LogP contribution in [0, 0.1) is 0 Å². The number of guanidine groups is 1. The lowest BCUT2D eigenvalue weighted by Gasteiger charge is -2.08. The van der Waals surface area contributed by atoms with E-state index in [4.69, 9.17) is 22.1 Å². The maximum absolute atomic E-state index is 5.88. The van der Waals surface area contributed by atoms with Crippen molar-refractivity contribution in [1.29, 1.82) is 0 Å². The van der Waals surface area contributed by atoms with Crippen molar-refractivity contribution in [1.82, 2.24) is 5.32 Å². The molecule has 0 aliphatic heterocycles. The van der Waals surface area contributed by atoms with Crippen molar-refractivity contribution >= 4 is 41.5 Å². The van der Waals surface area contributed by atoms with Gasteiger partial charge in [0.1, 0.15) is 5.75 Å². The molecule has 0 amide bonds. The SMILES string of the molecule is C=C(C)CNC(N)=NCc1ccc(Cl)cc1OC.I. The molecule has 0 atom stereocenters. The Kier molecular flexibility index (Phi) is 8.58. The summed E-state index contributed by atoms with van der Waals surface area (Å²) in [5.74, 6) is 1.09. The molecule has 106 valence electrons. The fraction of sp³-hybridized carbons (Fsp3) is 0.308. The summed E-state index contributed by atoms with van der Waals surface area (Å²) < 4.78 is 5.23. The third-order valence-corrected chi connectivity index (χ3v) is 2.48. The Balaban J connectivity index is 0.00000324. The van der Waals surface area contributed by atoms with E-state index in [1.165, 1.54) is 0 Å². The minimum absolute atomic E-state index is 0. The molecule has 0 radical (unpaired) electrons. The lowest BCUT2D eigenvalue weighted by Crippen LogP contribution is -2.32. The van der Waals surface area contributed by atoms with Crippen LogP contribution in [-0.4, -0.2) is 19.6 Å². The van der Waals surface area contributed by atoms with Gasteiger partial charge in [-0.2, -0.15) is 0 Å². The largest absolute Gasteiger partial charge is 0.496 e. The van der Waals surface area contributed by atoms with Crippen LogP contribution >= 0.6 is 35.6 Å². The van der Waals surface area contributed by atoms with Gasteiger partial charge in [0.05, 0.1) is 13.7 Å². The van der Waals surface area contributed by atoms with Crippen molar-refractivity contribution in [3.63, 3.8) is 0 Å². The number of nitrogens with zero attached hydrogens (tertiary/aromatic N) is 1. The molecule has 0 saturated heterocycles. The highest BCUT2D eigenvalue weighted by Gasteiger charge is 2.03. The van der Waals surface area contributed by atoms with E-state index in [0.717, 1.165) is 11.1 Å². The highest BCUT2D eigenvalue weighted by Crippen LogP contribution is 2.23. The van der Waals surface area contributed by atoms with E-state index in [1.54, 1.807) is 19.2 Å². The van der Waals surface area contributed by atoms with Gasteiger partial charge in [0.25, 0.3) is 0 Å². The fourth-order valence-corrected chi connectivity index (χ4v) is 1.48. The highest BCUT2D eigenvalue weighted by atomic mass is 127. The number of rotatable bonds is 5. The summed E-state index contributed by atoms with van der Waals surface area (Å²) in [4.78, 5) is 4.22. The number of nitrogens with two attached hydrogens (primary N) is 1. The van der Waals surface area contributed by atoms with Gasteiger partial charge in [-0.3, -0.25) is 0 Å². The van der Waals surface area contributed by atoms with Gasteiger partial charge in [-0.15, -0.1) is 24.0 Å². The van der Waals surface area contributed by atoms with Gasteiger partial charge in [-0.05, 0) is 19.1 Å². The molecule has 0 aliphatic carbocycles. The summed E-state index contributed by atoms with van der Waals surface area (Å²) in [5, 5.41) is 3.59. The van der Waals surface area contributed by atoms with Crippen LogP contribution in [0.1, 0.15) is 12.5 Å². The topological polar surface area (TPSA) is 59.6 Å². The molecule has 0 bridgehead atoms. The molecule has 3 N–H and O–H groups in total. The molecule has 0 spiro atoms. The Morgan fingerprint density at radius 1 is 1.53 bits per heavy atom. The zero-order chi connectivity index (χ0) is 13.5. The van der Waals surface area contributed by atoms with Crippen LogP contribution in [0.5, 0.6) is 5.75 Å². The Hall–Kier alpha value is -0.950. The van der Waals surface area contributed by atoms with E-state index >= 15 is 0 Å². The standard InChI is InChI=1S/C13H18ClN3O.HI/c1-9(2)7-16-13(15)17-8-10-4-5-11(14)6-12(10)18-3;/h4-6H,1,7-8H2,2-3H3,(H3,15,16,17);1H. The average molecular weight is 396 g/mol. The van der Waals surface area contributed by atoms with Crippen LogP contribution < -0.4 is 15.8 Å². The van der Waals surface area contributed by atoms with Crippen LogP contribution in [0.15, 0.2) is 35.3 Å². The fourth-order valence-electron chi connectivity index (χ4n) is 1.32. The van der Waals surface area contributed by atoms with E-state index in [0.29, 0.717) is 29.8 Å². The molecule has 0 aliphatic rings. The Labute approximate surface area is 136 Å². The first-order valence-corrected chi connectivity index (χ1v) is 5.91. The summed E-state index contributed by atoms with van der Waals surface area (Å²) in [6, 6.07) is 5.42. The third kappa shape index (κ3) is 6.68. The number of methoxy groups -OCH3 is 1. The number of benzene rings is 1. The summed E-state index contributed by atoms with van der Waals surface area (Å²) >= 11 is 5.88. The number of hydrogen-bond acceptors (Lipinski definition) is 2. The van der Waals surface area contributed by atoms with Crippen molar-refractivity contribution in [2.24, 2.45) is 10.7 Å². The van der Waals surface area contributed by atoms with Gasteiger partial charge in [-0.25, -0.2) is 4.99 Å². The predicted octanol–water partition coefficient (Wildman–Crippen LogP) is 2.95. The van der Waals surface area contributed by atoms with Gasteiger partial charge in [0.15, 0.2) is 5.96 Å². The molecule has 6 heteroatoms. The minimum Gasteiger partial charge on any atom is -0.496 e. The van der Waals surface area contributed by atoms with Gasteiger partial charge >= 0.3 is 0 Å². The Morgan fingerprint density at radius 2 is 2.21 bits per heavy atom.